The Morgan fingerprint density at radius 2 is 2.38 bits per heavy atom. The number of aliphatic hydroxyl groups is 1. The minimum atomic E-state index is -0.888. The normalized spacial score (nSPS) is 30.0. The average molecular weight is 226 g/mol. The lowest BCUT2D eigenvalue weighted by Crippen LogP contribution is -2.52. The predicted octanol–water partition coefficient (Wildman–Crippen LogP) is 0.0498. The highest BCUT2D eigenvalue weighted by molar-refractivity contribution is 5.86. The molecule has 1 unspecified atom stereocenters. The van der Waals surface area contributed by atoms with Crippen molar-refractivity contribution in [1.82, 2.24) is 5.32 Å². The van der Waals surface area contributed by atoms with E-state index in [1.54, 1.807) is 0 Å². The minimum Gasteiger partial charge on any atom is -0.394 e. The Morgan fingerprint density at radius 1 is 1.75 bits per heavy atom. The molecule has 5 nitrogen and oxygen atoms in total. The van der Waals surface area contributed by atoms with Crippen molar-refractivity contribution in [1.29, 1.82) is 5.26 Å². The third kappa shape index (κ3) is 2.52. The molecule has 2 N–H and O–H groups in total. The van der Waals surface area contributed by atoms with E-state index in [1.807, 2.05) is 6.92 Å². The van der Waals surface area contributed by atoms with Crippen LogP contribution in [0.3, 0.4) is 0 Å². The number of nitrogens with zero attached hydrogens (tertiary/aromatic N) is 1. The van der Waals surface area contributed by atoms with Crippen LogP contribution in [0.4, 0.5) is 0 Å². The lowest BCUT2D eigenvalue weighted by molar-refractivity contribution is -0.135. The molecule has 0 radical (unpaired) electrons. The highest BCUT2D eigenvalue weighted by atomic mass is 16.5. The lowest BCUT2D eigenvalue weighted by Gasteiger charge is -2.39. The quantitative estimate of drug-likeness (QED) is 0.694. The van der Waals surface area contributed by atoms with Crippen molar-refractivity contribution < 1.29 is 14.6 Å². The van der Waals surface area contributed by atoms with Crippen LogP contribution in [0.1, 0.15) is 19.8 Å². The molecule has 1 amide bonds. The van der Waals surface area contributed by atoms with Crippen molar-refractivity contribution in [2.24, 2.45) is 11.3 Å². The Labute approximate surface area is 95.4 Å². The summed E-state index contributed by atoms with van der Waals surface area (Å²) >= 11 is 0. The second-order valence-corrected chi connectivity index (χ2v) is 4.52. The molecule has 1 rings (SSSR count). The molecule has 0 spiro atoms. The van der Waals surface area contributed by atoms with E-state index in [9.17, 15) is 4.79 Å². The molecule has 1 aliphatic rings. The molecule has 0 aliphatic heterocycles. The first-order chi connectivity index (χ1) is 7.57. The summed E-state index contributed by atoms with van der Waals surface area (Å²) in [6.45, 7) is 2.08. The molecule has 0 aromatic carbocycles. The van der Waals surface area contributed by atoms with Gasteiger partial charge in [-0.3, -0.25) is 4.79 Å². The summed E-state index contributed by atoms with van der Waals surface area (Å²) in [5.74, 6) is 0.129. The molecule has 16 heavy (non-hydrogen) atoms. The van der Waals surface area contributed by atoms with E-state index < -0.39 is 11.5 Å². The van der Waals surface area contributed by atoms with E-state index in [4.69, 9.17) is 15.1 Å². The van der Waals surface area contributed by atoms with Gasteiger partial charge in [-0.25, -0.2) is 0 Å². The summed E-state index contributed by atoms with van der Waals surface area (Å²) in [5, 5.41) is 20.7. The highest BCUT2D eigenvalue weighted by Crippen LogP contribution is 2.45. The van der Waals surface area contributed by atoms with E-state index in [1.165, 1.54) is 7.11 Å². The Hall–Kier alpha value is -1.12. The third-order valence-corrected chi connectivity index (χ3v) is 2.97. The molecule has 0 heterocycles. The largest absolute Gasteiger partial charge is 0.394 e. The van der Waals surface area contributed by atoms with Crippen molar-refractivity contribution in [2.75, 3.05) is 20.3 Å². The monoisotopic (exact) mass is 226 g/mol. The number of ether oxygens (including phenoxy) is 1. The van der Waals surface area contributed by atoms with Crippen LogP contribution in [0, 0.1) is 22.7 Å². The smallest absolute Gasteiger partial charge is 0.240 e. The maximum atomic E-state index is 11.9. The fourth-order valence-electron chi connectivity index (χ4n) is 2.12. The maximum absolute atomic E-state index is 11.9. The van der Waals surface area contributed by atoms with Crippen LogP contribution < -0.4 is 5.32 Å². The van der Waals surface area contributed by atoms with Gasteiger partial charge in [0.25, 0.3) is 0 Å². The van der Waals surface area contributed by atoms with E-state index >= 15 is 0 Å². The second-order valence-electron chi connectivity index (χ2n) is 4.52. The van der Waals surface area contributed by atoms with Gasteiger partial charge in [0.1, 0.15) is 5.41 Å². The van der Waals surface area contributed by atoms with Crippen LogP contribution in [0.5, 0.6) is 0 Å². The molecule has 1 fully saturated rings. The van der Waals surface area contributed by atoms with E-state index in [0.717, 1.165) is 0 Å². The summed E-state index contributed by atoms with van der Waals surface area (Å²) < 4.78 is 4.86. The van der Waals surface area contributed by atoms with Crippen molar-refractivity contribution in [3.8, 4) is 6.07 Å². The maximum Gasteiger partial charge on any atom is 0.240 e. The van der Waals surface area contributed by atoms with Gasteiger partial charge in [0, 0.05) is 7.11 Å². The van der Waals surface area contributed by atoms with E-state index in [0.29, 0.717) is 18.8 Å². The van der Waals surface area contributed by atoms with E-state index in [2.05, 4.69) is 11.4 Å². The molecular formula is C11H18N2O3. The van der Waals surface area contributed by atoms with Crippen LogP contribution >= 0.6 is 0 Å². The first-order valence-electron chi connectivity index (χ1n) is 5.40. The minimum absolute atomic E-state index is 0.184. The second kappa shape index (κ2) is 5.28. The van der Waals surface area contributed by atoms with Gasteiger partial charge in [0.15, 0.2) is 0 Å². The number of nitriles is 1. The molecular weight excluding hydrogens is 208 g/mol. The number of hydrogen-bond acceptors (Lipinski definition) is 4. The van der Waals surface area contributed by atoms with Gasteiger partial charge in [-0.2, -0.15) is 5.26 Å². The molecule has 0 aromatic rings. The number of amides is 1. The Kier molecular flexibility index (Phi) is 4.27. The van der Waals surface area contributed by atoms with Crippen LogP contribution in [0.25, 0.3) is 0 Å². The zero-order valence-electron chi connectivity index (χ0n) is 9.69. The Morgan fingerprint density at radius 3 is 2.75 bits per heavy atom. The van der Waals surface area contributed by atoms with E-state index in [-0.39, 0.29) is 19.1 Å². The number of nitrogens with one attached hydrogen (secondary N) is 1. The SMILES string of the molecule is COCC(CO)NC(=O)C1(C#N)CC(C)C1. The first kappa shape index (κ1) is 12.9. The molecule has 90 valence electrons. The van der Waals surface area contributed by atoms with Crippen molar-refractivity contribution in [3.63, 3.8) is 0 Å². The summed E-state index contributed by atoms with van der Waals surface area (Å²) in [4.78, 5) is 11.9. The Balaban J connectivity index is 2.54. The van der Waals surface area contributed by atoms with Crippen LogP contribution in [-0.2, 0) is 9.53 Å². The summed E-state index contributed by atoms with van der Waals surface area (Å²) in [5.41, 5.74) is -0.888. The number of hydrogen-bond donors (Lipinski definition) is 2. The fourth-order valence-corrected chi connectivity index (χ4v) is 2.12. The van der Waals surface area contributed by atoms with Gasteiger partial charge >= 0.3 is 0 Å². The fraction of sp³-hybridized carbons (Fsp3) is 0.818. The molecule has 0 aromatic heterocycles. The molecule has 0 saturated heterocycles. The highest BCUT2D eigenvalue weighted by Gasteiger charge is 2.49. The van der Waals surface area contributed by atoms with Crippen LogP contribution in [0.15, 0.2) is 0 Å². The van der Waals surface area contributed by atoms with Gasteiger partial charge in [-0.15, -0.1) is 0 Å². The standard InChI is InChI=1S/C11H18N2O3/c1-8-3-11(4-8,7-12)10(15)13-9(5-14)6-16-2/h8-9,14H,3-6H2,1-2H3,(H,13,15). The molecule has 0 bridgehead atoms. The summed E-state index contributed by atoms with van der Waals surface area (Å²) in [6.07, 6.45) is 1.20. The van der Waals surface area contributed by atoms with Gasteiger partial charge in [-0.1, -0.05) is 6.92 Å². The number of carbonyl (C=O) groups is 1. The van der Waals surface area contributed by atoms with Gasteiger partial charge < -0.3 is 15.2 Å². The zero-order valence-corrected chi connectivity index (χ0v) is 9.69. The number of rotatable bonds is 5. The third-order valence-electron chi connectivity index (χ3n) is 2.97. The van der Waals surface area contributed by atoms with Crippen LogP contribution in [0.2, 0.25) is 0 Å². The zero-order chi connectivity index (χ0) is 12.2. The molecule has 5 heteroatoms. The van der Waals surface area contributed by atoms with Crippen molar-refractivity contribution in [2.45, 2.75) is 25.8 Å². The van der Waals surface area contributed by atoms with Gasteiger partial charge in [-0.05, 0) is 18.8 Å². The Bertz CT molecular complexity index is 292. The van der Waals surface area contributed by atoms with Gasteiger partial charge in [0.2, 0.25) is 5.91 Å². The number of aliphatic hydroxyl groups excluding tert-OH is 1. The predicted molar refractivity (Wildman–Crippen MR) is 57.3 cm³/mol. The van der Waals surface area contributed by atoms with Gasteiger partial charge in [0.05, 0.1) is 25.3 Å². The van der Waals surface area contributed by atoms with Crippen LogP contribution in [-0.4, -0.2) is 37.4 Å². The molecule has 1 aliphatic carbocycles. The average Bonchev–Trinajstić information content (AvgIpc) is 2.23. The lowest BCUT2D eigenvalue weighted by atomic mass is 9.63. The topological polar surface area (TPSA) is 82.3 Å². The number of carbonyl (C=O) groups excluding carboxylic acids is 1. The summed E-state index contributed by atoms with van der Waals surface area (Å²) in [6, 6.07) is 1.65. The first-order valence-corrected chi connectivity index (χ1v) is 5.40. The summed E-state index contributed by atoms with van der Waals surface area (Å²) in [7, 11) is 1.50. The molecule has 1 saturated carbocycles. The number of methoxy groups -OCH3 is 1. The van der Waals surface area contributed by atoms with Crippen molar-refractivity contribution in [3.05, 3.63) is 0 Å². The van der Waals surface area contributed by atoms with Crippen molar-refractivity contribution >= 4 is 5.91 Å². The molecule has 1 atom stereocenters.